The number of hydrogen-bond acceptors (Lipinski definition) is 5. The van der Waals surface area contributed by atoms with E-state index in [1.807, 2.05) is 13.8 Å². The third-order valence-corrected chi connectivity index (χ3v) is 5.86. The van der Waals surface area contributed by atoms with Crippen molar-refractivity contribution in [1.82, 2.24) is 14.9 Å². The summed E-state index contributed by atoms with van der Waals surface area (Å²) >= 11 is 0. The number of carbonyl (C=O) groups excluding carboxylic acids is 2. The topological polar surface area (TPSA) is 72.4 Å². The van der Waals surface area contributed by atoms with E-state index in [-0.39, 0.29) is 30.3 Å². The van der Waals surface area contributed by atoms with Crippen molar-refractivity contribution in [2.24, 2.45) is 5.92 Å². The Kier molecular flexibility index (Phi) is 5.26. The zero-order valence-electron chi connectivity index (χ0n) is 16.9. The number of rotatable bonds is 5. The van der Waals surface area contributed by atoms with E-state index in [0.29, 0.717) is 29.9 Å². The Morgan fingerprint density at radius 2 is 1.93 bits per heavy atom. The minimum Gasteiger partial charge on any atom is -0.441 e. The highest BCUT2D eigenvalue weighted by Gasteiger charge is 2.50. The molecule has 0 radical (unpaired) electrons. The van der Waals surface area contributed by atoms with Crippen molar-refractivity contribution in [1.29, 1.82) is 0 Å². The molecule has 3 heterocycles. The summed E-state index contributed by atoms with van der Waals surface area (Å²) in [7, 11) is 0. The number of ether oxygens (including phenoxy) is 1. The molecule has 6 nitrogen and oxygen atoms in total. The summed E-state index contributed by atoms with van der Waals surface area (Å²) in [5, 5.41) is 0. The van der Waals surface area contributed by atoms with Gasteiger partial charge >= 0.3 is 6.09 Å². The molecular formula is C22H23F2N3O3. The zero-order chi connectivity index (χ0) is 21.5. The van der Waals surface area contributed by atoms with E-state index in [1.54, 1.807) is 4.90 Å². The predicted molar refractivity (Wildman–Crippen MR) is 104 cm³/mol. The van der Waals surface area contributed by atoms with Crippen LogP contribution in [0.2, 0.25) is 0 Å². The van der Waals surface area contributed by atoms with Crippen molar-refractivity contribution < 1.29 is 23.1 Å². The van der Waals surface area contributed by atoms with Gasteiger partial charge in [0, 0.05) is 30.8 Å². The van der Waals surface area contributed by atoms with Crippen LogP contribution in [0.3, 0.4) is 0 Å². The molecule has 2 atom stereocenters. The molecule has 0 aliphatic carbocycles. The highest BCUT2D eigenvalue weighted by molar-refractivity contribution is 5.80. The van der Waals surface area contributed by atoms with E-state index < -0.39 is 17.2 Å². The molecule has 158 valence electrons. The maximum absolute atomic E-state index is 13.4. The van der Waals surface area contributed by atoms with Crippen LogP contribution in [-0.2, 0) is 16.0 Å². The number of amides is 1. The van der Waals surface area contributed by atoms with Crippen molar-refractivity contribution in [3.63, 3.8) is 0 Å². The Morgan fingerprint density at radius 1 is 1.20 bits per heavy atom. The smallest absolute Gasteiger partial charge is 0.410 e. The first-order valence-corrected chi connectivity index (χ1v) is 10.00. The number of nitrogens with zero attached hydrogens (tertiary/aromatic N) is 3. The van der Waals surface area contributed by atoms with E-state index in [9.17, 15) is 18.4 Å². The third-order valence-electron chi connectivity index (χ3n) is 5.86. The van der Waals surface area contributed by atoms with Gasteiger partial charge in [0.25, 0.3) is 0 Å². The summed E-state index contributed by atoms with van der Waals surface area (Å²) in [6.07, 6.45) is 4.67. The molecule has 2 aromatic rings. The molecule has 2 aliphatic heterocycles. The van der Waals surface area contributed by atoms with Crippen LogP contribution in [0.5, 0.6) is 0 Å². The SMILES string of the molecule is CC1(C)OC(=O)N2CC[C@H](CC(=O)Cc3cnc(-c4cc(F)cc(F)c4)cn3)C[C@@H]21. The van der Waals surface area contributed by atoms with Gasteiger partial charge in [0.2, 0.25) is 0 Å². The van der Waals surface area contributed by atoms with E-state index in [2.05, 4.69) is 9.97 Å². The fourth-order valence-electron chi connectivity index (χ4n) is 4.35. The summed E-state index contributed by atoms with van der Waals surface area (Å²) in [4.78, 5) is 34.7. The number of piperidine rings is 1. The van der Waals surface area contributed by atoms with Gasteiger partial charge in [-0.15, -0.1) is 0 Å². The summed E-state index contributed by atoms with van der Waals surface area (Å²) in [5.41, 5.74) is 0.597. The van der Waals surface area contributed by atoms with Crippen LogP contribution in [0.1, 0.15) is 38.8 Å². The molecule has 0 N–H and O–H groups in total. The quantitative estimate of drug-likeness (QED) is 0.740. The summed E-state index contributed by atoms with van der Waals surface area (Å²) in [5.74, 6) is -1.13. The molecule has 8 heteroatoms. The fraction of sp³-hybridized carbons (Fsp3) is 0.455. The van der Waals surface area contributed by atoms with Gasteiger partial charge in [-0.2, -0.15) is 0 Å². The van der Waals surface area contributed by atoms with Crippen LogP contribution >= 0.6 is 0 Å². The highest BCUT2D eigenvalue weighted by Crippen LogP contribution is 2.38. The number of benzene rings is 1. The van der Waals surface area contributed by atoms with Crippen LogP contribution in [-0.4, -0.2) is 44.9 Å². The van der Waals surface area contributed by atoms with E-state index >= 15 is 0 Å². The molecule has 2 saturated heterocycles. The Balaban J connectivity index is 1.36. The normalized spacial score (nSPS) is 22.5. The van der Waals surface area contributed by atoms with E-state index in [0.717, 1.165) is 18.9 Å². The second-order valence-corrected chi connectivity index (χ2v) is 8.54. The first-order chi connectivity index (χ1) is 14.2. The van der Waals surface area contributed by atoms with Crippen molar-refractivity contribution in [2.75, 3.05) is 6.54 Å². The average Bonchev–Trinajstić information content (AvgIpc) is 2.90. The number of halogens is 2. The van der Waals surface area contributed by atoms with E-state index in [4.69, 9.17) is 4.74 Å². The van der Waals surface area contributed by atoms with Gasteiger partial charge in [0.15, 0.2) is 0 Å². The summed E-state index contributed by atoms with van der Waals surface area (Å²) < 4.78 is 32.2. The molecule has 1 aromatic carbocycles. The first-order valence-electron chi connectivity index (χ1n) is 10.00. The molecule has 1 aromatic heterocycles. The summed E-state index contributed by atoms with van der Waals surface area (Å²) in [6, 6.07) is 3.15. The second-order valence-electron chi connectivity index (χ2n) is 8.54. The molecule has 2 fully saturated rings. The minimum absolute atomic E-state index is 0.0118. The molecule has 0 unspecified atom stereocenters. The second kappa shape index (κ2) is 7.74. The predicted octanol–water partition coefficient (Wildman–Crippen LogP) is 3.93. The maximum Gasteiger partial charge on any atom is 0.410 e. The van der Waals surface area contributed by atoms with Gasteiger partial charge in [-0.05, 0) is 44.7 Å². The molecule has 30 heavy (non-hydrogen) atoms. The molecule has 0 bridgehead atoms. The molecule has 2 aliphatic rings. The average molecular weight is 415 g/mol. The zero-order valence-corrected chi connectivity index (χ0v) is 16.9. The number of fused-ring (bicyclic) bond motifs is 1. The largest absolute Gasteiger partial charge is 0.441 e. The molecule has 0 spiro atoms. The third kappa shape index (κ3) is 4.17. The van der Waals surface area contributed by atoms with E-state index in [1.165, 1.54) is 24.5 Å². The van der Waals surface area contributed by atoms with Crippen LogP contribution in [0.15, 0.2) is 30.6 Å². The number of aromatic nitrogens is 2. The number of carbonyl (C=O) groups is 2. The molecular weight excluding hydrogens is 392 g/mol. The van der Waals surface area contributed by atoms with Gasteiger partial charge in [0.05, 0.1) is 30.0 Å². The van der Waals surface area contributed by atoms with Gasteiger partial charge in [-0.1, -0.05) is 0 Å². The van der Waals surface area contributed by atoms with Crippen LogP contribution in [0.25, 0.3) is 11.3 Å². The van der Waals surface area contributed by atoms with Crippen molar-refractivity contribution in [2.45, 2.75) is 51.2 Å². The molecule has 1 amide bonds. The number of Topliss-reactive ketones (excluding diaryl/α,β-unsaturated/α-hetero) is 1. The minimum atomic E-state index is -0.686. The number of hydrogen-bond donors (Lipinski definition) is 0. The lowest BCUT2D eigenvalue weighted by Gasteiger charge is -2.36. The van der Waals surface area contributed by atoms with Gasteiger partial charge < -0.3 is 9.64 Å². The first kappa shape index (κ1) is 20.4. The van der Waals surface area contributed by atoms with Crippen LogP contribution < -0.4 is 0 Å². The lowest BCUT2D eigenvalue weighted by atomic mass is 9.81. The highest BCUT2D eigenvalue weighted by atomic mass is 19.1. The van der Waals surface area contributed by atoms with Crippen LogP contribution in [0, 0.1) is 17.6 Å². The Morgan fingerprint density at radius 3 is 2.60 bits per heavy atom. The van der Waals surface area contributed by atoms with Gasteiger partial charge in [-0.25, -0.2) is 13.6 Å². The lowest BCUT2D eigenvalue weighted by molar-refractivity contribution is -0.119. The van der Waals surface area contributed by atoms with Crippen molar-refractivity contribution >= 4 is 11.9 Å². The number of cyclic esters (lactones) is 1. The monoisotopic (exact) mass is 415 g/mol. The molecule has 4 rings (SSSR count). The van der Waals surface area contributed by atoms with Crippen molar-refractivity contribution in [3.8, 4) is 11.3 Å². The van der Waals surface area contributed by atoms with Gasteiger partial charge in [0.1, 0.15) is 23.0 Å². The van der Waals surface area contributed by atoms with Crippen molar-refractivity contribution in [3.05, 3.63) is 47.9 Å². The van der Waals surface area contributed by atoms with Crippen LogP contribution in [0.4, 0.5) is 13.6 Å². The summed E-state index contributed by atoms with van der Waals surface area (Å²) in [6.45, 7) is 4.41. The molecule has 0 saturated carbocycles. The van der Waals surface area contributed by atoms with Gasteiger partial charge in [-0.3, -0.25) is 14.8 Å². The Hall–Kier alpha value is -2.90. The Labute approximate surface area is 173 Å². The Bertz CT molecular complexity index is 958. The lowest BCUT2D eigenvalue weighted by Crippen LogP contribution is -2.47. The standard InChI is InChI=1S/C22H23F2N3O3/c1-22(2)20-6-13(3-4-27(20)21(29)30-22)5-18(28)10-17-11-26-19(12-25-17)14-7-15(23)9-16(24)8-14/h7-9,11-13,20H,3-6,10H2,1-2H3/t13-,20-/m1/s1. The fourth-order valence-corrected chi connectivity index (χ4v) is 4.35. The number of ketones is 1. The maximum atomic E-state index is 13.4.